The number of aromatic nitrogens is 3. The number of benzene rings is 2. The summed E-state index contributed by atoms with van der Waals surface area (Å²) in [6.45, 7) is 2.76. The minimum Gasteiger partial charge on any atom is -0.350 e. The van der Waals surface area contributed by atoms with E-state index in [1.54, 1.807) is 16.7 Å². The molecule has 0 aliphatic rings. The van der Waals surface area contributed by atoms with Crippen LogP contribution in [0.25, 0.3) is 23.0 Å². The van der Waals surface area contributed by atoms with Crippen LogP contribution in [0, 0.1) is 0 Å². The summed E-state index contributed by atoms with van der Waals surface area (Å²) >= 11 is 6.04. The lowest BCUT2D eigenvalue weighted by Gasteiger charge is -2.08. The Kier molecular flexibility index (Phi) is 5.95. The minimum absolute atomic E-state index is 0.0957. The highest BCUT2D eigenvalue weighted by molar-refractivity contribution is 6.30. The SMILES string of the molecule is CCc1ccc(CNC(=O)Cn2cccc2-c2nc(-c3cccc(Cl)c3)no2)cc1. The van der Waals surface area contributed by atoms with Gasteiger partial charge in [0.05, 0.1) is 0 Å². The quantitative estimate of drug-likeness (QED) is 0.468. The molecule has 2 heterocycles. The molecule has 0 saturated carbocycles. The number of rotatable bonds is 7. The Bertz CT molecular complexity index is 1150. The second-order valence-corrected chi connectivity index (χ2v) is 7.34. The summed E-state index contributed by atoms with van der Waals surface area (Å²) in [6, 6.07) is 19.2. The molecule has 0 aliphatic heterocycles. The fourth-order valence-electron chi connectivity index (χ4n) is 3.12. The van der Waals surface area contributed by atoms with Gasteiger partial charge < -0.3 is 14.4 Å². The van der Waals surface area contributed by atoms with Crippen LogP contribution in [0.15, 0.2) is 71.4 Å². The van der Waals surface area contributed by atoms with Crippen LogP contribution in [0.1, 0.15) is 18.1 Å². The summed E-state index contributed by atoms with van der Waals surface area (Å²) in [5.74, 6) is 0.694. The number of hydrogen-bond acceptors (Lipinski definition) is 4. The molecule has 1 amide bonds. The first kappa shape index (κ1) is 19.9. The summed E-state index contributed by atoms with van der Waals surface area (Å²) in [4.78, 5) is 16.9. The highest BCUT2D eigenvalue weighted by Gasteiger charge is 2.15. The van der Waals surface area contributed by atoms with Crippen molar-refractivity contribution in [3.05, 3.63) is 83.0 Å². The largest absolute Gasteiger partial charge is 0.350 e. The van der Waals surface area contributed by atoms with E-state index in [9.17, 15) is 4.79 Å². The Morgan fingerprint density at radius 3 is 2.67 bits per heavy atom. The fraction of sp³-hybridized carbons (Fsp3) is 0.174. The lowest BCUT2D eigenvalue weighted by Crippen LogP contribution is -2.27. The van der Waals surface area contributed by atoms with Crippen LogP contribution in [0.4, 0.5) is 0 Å². The smallest absolute Gasteiger partial charge is 0.274 e. The second-order valence-electron chi connectivity index (χ2n) is 6.90. The lowest BCUT2D eigenvalue weighted by molar-refractivity contribution is -0.121. The normalized spacial score (nSPS) is 10.9. The van der Waals surface area contributed by atoms with Crippen molar-refractivity contribution in [3.8, 4) is 23.0 Å². The van der Waals surface area contributed by atoms with Gasteiger partial charge in [-0.25, -0.2) is 0 Å². The molecule has 30 heavy (non-hydrogen) atoms. The van der Waals surface area contributed by atoms with Gasteiger partial charge in [0.2, 0.25) is 11.7 Å². The number of aryl methyl sites for hydroxylation is 1. The average Bonchev–Trinajstić information content (AvgIpc) is 3.42. The molecule has 1 N–H and O–H groups in total. The molecule has 6 nitrogen and oxygen atoms in total. The maximum Gasteiger partial charge on any atom is 0.274 e. The molecule has 0 bridgehead atoms. The molecule has 0 fully saturated rings. The van der Waals surface area contributed by atoms with Crippen molar-refractivity contribution in [2.75, 3.05) is 0 Å². The van der Waals surface area contributed by atoms with Gasteiger partial charge >= 0.3 is 0 Å². The van der Waals surface area contributed by atoms with Gasteiger partial charge in [-0.3, -0.25) is 4.79 Å². The fourth-order valence-corrected chi connectivity index (χ4v) is 3.31. The Morgan fingerprint density at radius 2 is 1.90 bits per heavy atom. The van der Waals surface area contributed by atoms with Crippen molar-refractivity contribution < 1.29 is 9.32 Å². The van der Waals surface area contributed by atoms with E-state index in [0.29, 0.717) is 29.0 Å². The number of nitrogens with zero attached hydrogens (tertiary/aromatic N) is 3. The molecule has 2 aromatic carbocycles. The van der Waals surface area contributed by atoms with Gasteiger partial charge in [-0.05, 0) is 41.8 Å². The van der Waals surface area contributed by atoms with Crippen LogP contribution in [0.5, 0.6) is 0 Å². The second kappa shape index (κ2) is 8.97. The van der Waals surface area contributed by atoms with E-state index in [0.717, 1.165) is 17.5 Å². The highest BCUT2D eigenvalue weighted by Crippen LogP contribution is 2.24. The topological polar surface area (TPSA) is 73.0 Å². The van der Waals surface area contributed by atoms with E-state index in [-0.39, 0.29) is 12.5 Å². The molecule has 7 heteroatoms. The number of carbonyl (C=O) groups is 1. The molecule has 4 aromatic rings. The van der Waals surface area contributed by atoms with Gasteiger partial charge in [-0.2, -0.15) is 4.98 Å². The molecular formula is C23H21ClN4O2. The molecule has 2 aromatic heterocycles. The molecule has 0 spiro atoms. The molecule has 0 aliphatic carbocycles. The Balaban J connectivity index is 1.42. The Labute approximate surface area is 179 Å². The average molecular weight is 421 g/mol. The molecular weight excluding hydrogens is 400 g/mol. The predicted octanol–water partition coefficient (Wildman–Crippen LogP) is 4.74. The van der Waals surface area contributed by atoms with Gasteiger partial charge in [-0.1, -0.05) is 60.1 Å². The van der Waals surface area contributed by atoms with Crippen LogP contribution in [0.2, 0.25) is 5.02 Å². The van der Waals surface area contributed by atoms with Gasteiger partial charge in [-0.15, -0.1) is 0 Å². The zero-order valence-electron chi connectivity index (χ0n) is 16.5. The first-order chi connectivity index (χ1) is 14.6. The maximum absolute atomic E-state index is 12.4. The van der Waals surface area contributed by atoms with E-state index in [1.165, 1.54) is 5.56 Å². The van der Waals surface area contributed by atoms with Crippen LogP contribution < -0.4 is 5.32 Å². The first-order valence-corrected chi connectivity index (χ1v) is 10.1. The third kappa shape index (κ3) is 4.60. The van der Waals surface area contributed by atoms with Crippen molar-refractivity contribution in [2.24, 2.45) is 0 Å². The van der Waals surface area contributed by atoms with E-state index in [4.69, 9.17) is 16.1 Å². The molecule has 0 atom stereocenters. The van der Waals surface area contributed by atoms with E-state index < -0.39 is 0 Å². The zero-order chi connectivity index (χ0) is 20.9. The predicted molar refractivity (Wildman–Crippen MR) is 116 cm³/mol. The highest BCUT2D eigenvalue weighted by atomic mass is 35.5. The van der Waals surface area contributed by atoms with Crippen molar-refractivity contribution in [1.82, 2.24) is 20.0 Å². The van der Waals surface area contributed by atoms with Crippen LogP contribution in [-0.2, 0) is 24.3 Å². The summed E-state index contributed by atoms with van der Waals surface area (Å²) < 4.78 is 7.20. The Hall–Kier alpha value is -3.38. The maximum atomic E-state index is 12.4. The van der Waals surface area contributed by atoms with Crippen LogP contribution in [0.3, 0.4) is 0 Å². The van der Waals surface area contributed by atoms with E-state index >= 15 is 0 Å². The van der Waals surface area contributed by atoms with Crippen molar-refractivity contribution in [3.63, 3.8) is 0 Å². The van der Waals surface area contributed by atoms with E-state index in [1.807, 2.05) is 42.6 Å². The van der Waals surface area contributed by atoms with Crippen molar-refractivity contribution in [2.45, 2.75) is 26.4 Å². The first-order valence-electron chi connectivity index (χ1n) is 9.72. The van der Waals surface area contributed by atoms with Crippen molar-refractivity contribution in [1.29, 1.82) is 0 Å². The van der Waals surface area contributed by atoms with Gasteiger partial charge in [0.15, 0.2) is 0 Å². The molecule has 0 radical (unpaired) electrons. The molecule has 4 rings (SSSR count). The van der Waals surface area contributed by atoms with Gasteiger partial charge in [0.25, 0.3) is 5.89 Å². The molecule has 0 saturated heterocycles. The summed E-state index contributed by atoms with van der Waals surface area (Å²) in [7, 11) is 0. The number of halogens is 1. The van der Waals surface area contributed by atoms with Crippen LogP contribution >= 0.6 is 11.6 Å². The number of carbonyl (C=O) groups excluding carboxylic acids is 1. The molecule has 152 valence electrons. The molecule has 0 unspecified atom stereocenters. The standard InChI is InChI=1S/C23H21ClN4O2/c1-2-16-8-10-17(11-9-16)14-25-21(29)15-28-12-4-7-20(28)23-26-22(27-30-23)18-5-3-6-19(24)13-18/h3-13H,2,14-15H2,1H3,(H,25,29). The summed E-state index contributed by atoms with van der Waals surface area (Å²) in [5.41, 5.74) is 3.79. The van der Waals surface area contributed by atoms with Gasteiger partial charge in [0.1, 0.15) is 12.2 Å². The minimum atomic E-state index is -0.0957. The van der Waals surface area contributed by atoms with Crippen LogP contribution in [-0.4, -0.2) is 20.6 Å². The number of hydrogen-bond donors (Lipinski definition) is 1. The third-order valence-electron chi connectivity index (χ3n) is 4.79. The van der Waals surface area contributed by atoms with Crippen molar-refractivity contribution >= 4 is 17.5 Å². The monoisotopic (exact) mass is 420 g/mol. The Morgan fingerprint density at radius 1 is 1.10 bits per heavy atom. The van der Waals surface area contributed by atoms with Gasteiger partial charge in [0, 0.05) is 23.3 Å². The number of nitrogens with one attached hydrogen (secondary N) is 1. The zero-order valence-corrected chi connectivity index (χ0v) is 17.3. The lowest BCUT2D eigenvalue weighted by atomic mass is 10.1. The summed E-state index contributed by atoms with van der Waals surface area (Å²) in [5, 5.41) is 7.59. The third-order valence-corrected chi connectivity index (χ3v) is 5.03. The van der Waals surface area contributed by atoms with E-state index in [2.05, 4.69) is 34.5 Å². The summed E-state index contributed by atoms with van der Waals surface area (Å²) in [6.07, 6.45) is 2.81. The number of amides is 1.